The van der Waals surface area contributed by atoms with Crippen molar-refractivity contribution in [2.45, 2.75) is 12.8 Å². The molecule has 2 nitrogen and oxygen atoms in total. The third kappa shape index (κ3) is 3.05. The number of hydrogen-bond acceptors (Lipinski definition) is 2. The molecule has 1 aliphatic rings. The van der Waals surface area contributed by atoms with Crippen LogP contribution >= 0.6 is 24.8 Å². The van der Waals surface area contributed by atoms with Gasteiger partial charge >= 0.3 is 0 Å². The van der Waals surface area contributed by atoms with Crippen LogP contribution in [0.15, 0.2) is 24.5 Å². The van der Waals surface area contributed by atoms with E-state index in [0.29, 0.717) is 0 Å². The van der Waals surface area contributed by atoms with Gasteiger partial charge in [-0.05, 0) is 25.0 Å². The Morgan fingerprint density at radius 1 is 1.00 bits per heavy atom. The second-order valence-corrected chi connectivity index (χ2v) is 2.90. The molecule has 13 heavy (non-hydrogen) atoms. The number of nitrogens with zero attached hydrogens (tertiary/aromatic N) is 2. The topological polar surface area (TPSA) is 16.1 Å². The summed E-state index contributed by atoms with van der Waals surface area (Å²) in [6, 6.07) is 4.15. The molecule has 1 aromatic heterocycles. The Labute approximate surface area is 91.2 Å². The Hall–Kier alpha value is -0.470. The zero-order valence-electron chi connectivity index (χ0n) is 7.35. The number of anilines is 1. The van der Waals surface area contributed by atoms with Gasteiger partial charge in [-0.2, -0.15) is 0 Å². The maximum absolute atomic E-state index is 3.99. The van der Waals surface area contributed by atoms with E-state index >= 15 is 0 Å². The van der Waals surface area contributed by atoms with E-state index in [1.54, 1.807) is 0 Å². The minimum Gasteiger partial charge on any atom is -0.371 e. The van der Waals surface area contributed by atoms with Crippen molar-refractivity contribution >= 4 is 30.5 Å². The molecule has 0 aromatic carbocycles. The number of hydrogen-bond donors (Lipinski definition) is 0. The molecule has 4 heteroatoms. The number of halogens is 2. The number of pyridine rings is 1. The summed E-state index contributed by atoms with van der Waals surface area (Å²) in [6.07, 6.45) is 6.38. The van der Waals surface area contributed by atoms with Gasteiger partial charge in [0.25, 0.3) is 0 Å². The van der Waals surface area contributed by atoms with Gasteiger partial charge in [-0.15, -0.1) is 24.8 Å². The minimum atomic E-state index is 0. The predicted molar refractivity (Wildman–Crippen MR) is 60.2 cm³/mol. The van der Waals surface area contributed by atoms with Crippen molar-refractivity contribution in [3.8, 4) is 0 Å². The van der Waals surface area contributed by atoms with Crippen LogP contribution in [0.2, 0.25) is 0 Å². The normalized spacial score (nSPS) is 14.6. The van der Waals surface area contributed by atoms with Crippen LogP contribution in [-0.4, -0.2) is 18.1 Å². The Balaban J connectivity index is 0.000000720. The summed E-state index contributed by atoms with van der Waals surface area (Å²) in [4.78, 5) is 6.39. The molecule has 0 aliphatic carbocycles. The molecule has 0 N–H and O–H groups in total. The van der Waals surface area contributed by atoms with Crippen molar-refractivity contribution in [3.63, 3.8) is 0 Å². The van der Waals surface area contributed by atoms with Crippen LogP contribution in [0.1, 0.15) is 12.8 Å². The van der Waals surface area contributed by atoms with Crippen molar-refractivity contribution in [1.29, 1.82) is 0 Å². The molecule has 74 valence electrons. The fourth-order valence-electron chi connectivity index (χ4n) is 1.53. The Morgan fingerprint density at radius 2 is 1.54 bits per heavy atom. The summed E-state index contributed by atoms with van der Waals surface area (Å²) < 4.78 is 0. The second-order valence-electron chi connectivity index (χ2n) is 2.90. The molecule has 0 radical (unpaired) electrons. The average Bonchev–Trinajstić information content (AvgIpc) is 2.58. The van der Waals surface area contributed by atoms with Crippen molar-refractivity contribution in [2.75, 3.05) is 18.0 Å². The fourth-order valence-corrected chi connectivity index (χ4v) is 1.53. The van der Waals surface area contributed by atoms with E-state index in [-0.39, 0.29) is 24.8 Å². The molecule has 0 bridgehead atoms. The maximum atomic E-state index is 3.99. The van der Waals surface area contributed by atoms with Crippen LogP contribution in [0, 0.1) is 0 Å². The first-order chi connectivity index (χ1) is 5.47. The van der Waals surface area contributed by atoms with Gasteiger partial charge in [0.1, 0.15) is 0 Å². The summed E-state index contributed by atoms with van der Waals surface area (Å²) in [5, 5.41) is 0. The molecule has 0 amide bonds. The summed E-state index contributed by atoms with van der Waals surface area (Å²) in [5.41, 5.74) is 1.32. The summed E-state index contributed by atoms with van der Waals surface area (Å²) in [5.74, 6) is 0. The molecular formula is C9H14Cl2N2. The Morgan fingerprint density at radius 3 is 2.08 bits per heavy atom. The molecule has 2 heterocycles. The van der Waals surface area contributed by atoms with Crippen LogP contribution in [0.3, 0.4) is 0 Å². The molecule has 0 saturated carbocycles. The molecule has 1 fully saturated rings. The van der Waals surface area contributed by atoms with E-state index in [2.05, 4.69) is 22.0 Å². The quantitative estimate of drug-likeness (QED) is 0.724. The molecular weight excluding hydrogens is 207 g/mol. The highest BCUT2D eigenvalue weighted by Crippen LogP contribution is 2.17. The van der Waals surface area contributed by atoms with E-state index < -0.39 is 0 Å². The van der Waals surface area contributed by atoms with Gasteiger partial charge in [-0.3, -0.25) is 4.98 Å². The third-order valence-electron chi connectivity index (χ3n) is 2.13. The highest BCUT2D eigenvalue weighted by atomic mass is 35.5. The first kappa shape index (κ1) is 12.5. The Kier molecular flexibility index (Phi) is 5.84. The van der Waals surface area contributed by atoms with E-state index in [1.807, 2.05) is 12.4 Å². The van der Waals surface area contributed by atoms with E-state index in [9.17, 15) is 0 Å². The van der Waals surface area contributed by atoms with Crippen molar-refractivity contribution in [2.24, 2.45) is 0 Å². The van der Waals surface area contributed by atoms with Crippen molar-refractivity contribution in [1.82, 2.24) is 4.98 Å². The first-order valence-corrected chi connectivity index (χ1v) is 4.12. The molecule has 2 rings (SSSR count). The fraction of sp³-hybridized carbons (Fsp3) is 0.444. The van der Waals surface area contributed by atoms with Crippen molar-refractivity contribution in [3.05, 3.63) is 24.5 Å². The van der Waals surface area contributed by atoms with Gasteiger partial charge in [-0.1, -0.05) is 0 Å². The lowest BCUT2D eigenvalue weighted by atomic mass is 10.4. The van der Waals surface area contributed by atoms with Crippen LogP contribution in [0.5, 0.6) is 0 Å². The molecule has 0 spiro atoms. The second kappa shape index (κ2) is 6.06. The van der Waals surface area contributed by atoms with E-state index in [0.717, 1.165) is 0 Å². The maximum Gasteiger partial charge on any atom is 0.0397 e. The lowest BCUT2D eigenvalue weighted by Gasteiger charge is -2.16. The van der Waals surface area contributed by atoms with Gasteiger partial charge in [0, 0.05) is 31.2 Å². The van der Waals surface area contributed by atoms with Crippen molar-refractivity contribution < 1.29 is 0 Å². The minimum absolute atomic E-state index is 0. The Bertz CT molecular complexity index is 222. The summed E-state index contributed by atoms with van der Waals surface area (Å²) >= 11 is 0. The van der Waals surface area contributed by atoms with E-state index in [1.165, 1.54) is 31.6 Å². The third-order valence-corrected chi connectivity index (χ3v) is 2.13. The number of aromatic nitrogens is 1. The molecule has 1 aliphatic heterocycles. The standard InChI is InChI=1S/C9H12N2.2ClH/c1-2-8-11(7-1)9-3-5-10-6-4-9;;/h3-6H,1-2,7-8H2;2*1H. The molecule has 1 aromatic rings. The molecule has 1 saturated heterocycles. The predicted octanol–water partition coefficient (Wildman–Crippen LogP) is 2.53. The van der Waals surface area contributed by atoms with Gasteiger partial charge in [-0.25, -0.2) is 0 Å². The zero-order valence-corrected chi connectivity index (χ0v) is 8.98. The highest BCUT2D eigenvalue weighted by molar-refractivity contribution is 5.85. The van der Waals surface area contributed by atoms with Gasteiger partial charge in [0.05, 0.1) is 0 Å². The van der Waals surface area contributed by atoms with Gasteiger partial charge in [0.15, 0.2) is 0 Å². The van der Waals surface area contributed by atoms with Crippen LogP contribution in [0.4, 0.5) is 5.69 Å². The van der Waals surface area contributed by atoms with E-state index in [4.69, 9.17) is 0 Å². The van der Waals surface area contributed by atoms with Gasteiger partial charge in [0.2, 0.25) is 0 Å². The average molecular weight is 221 g/mol. The monoisotopic (exact) mass is 220 g/mol. The smallest absolute Gasteiger partial charge is 0.0397 e. The molecule has 0 atom stereocenters. The SMILES string of the molecule is Cl.Cl.c1cc(N2CCCC2)ccn1. The first-order valence-electron chi connectivity index (χ1n) is 4.12. The summed E-state index contributed by atoms with van der Waals surface area (Å²) in [6.45, 7) is 2.42. The van der Waals surface area contributed by atoms with Crippen LogP contribution in [0.25, 0.3) is 0 Å². The van der Waals surface area contributed by atoms with Crippen LogP contribution in [-0.2, 0) is 0 Å². The molecule has 0 unspecified atom stereocenters. The summed E-state index contributed by atoms with van der Waals surface area (Å²) in [7, 11) is 0. The van der Waals surface area contributed by atoms with Crippen LogP contribution < -0.4 is 4.90 Å². The van der Waals surface area contributed by atoms with Gasteiger partial charge < -0.3 is 4.90 Å². The highest BCUT2D eigenvalue weighted by Gasteiger charge is 2.10. The zero-order chi connectivity index (χ0) is 7.52. The largest absolute Gasteiger partial charge is 0.371 e. The lowest BCUT2D eigenvalue weighted by molar-refractivity contribution is 0.949. The number of rotatable bonds is 1. The lowest BCUT2D eigenvalue weighted by Crippen LogP contribution is -2.17.